The largest absolute Gasteiger partial charge is 0.493 e. The van der Waals surface area contributed by atoms with Crippen LogP contribution in [0.5, 0.6) is 11.5 Å². The molecule has 24 heavy (non-hydrogen) atoms. The molecular formula is C20H21NO2S. The lowest BCUT2D eigenvalue weighted by Crippen LogP contribution is -1.92. The number of hydrogen-bond donors (Lipinski definition) is 0. The molecule has 0 aliphatic carbocycles. The lowest BCUT2D eigenvalue weighted by molar-refractivity contribution is 0.355. The van der Waals surface area contributed by atoms with Gasteiger partial charge in [-0.25, -0.2) is 4.98 Å². The van der Waals surface area contributed by atoms with Crippen molar-refractivity contribution < 1.29 is 9.47 Å². The van der Waals surface area contributed by atoms with E-state index >= 15 is 0 Å². The van der Waals surface area contributed by atoms with E-state index in [4.69, 9.17) is 14.5 Å². The minimum Gasteiger partial charge on any atom is -0.493 e. The van der Waals surface area contributed by atoms with Crippen molar-refractivity contribution in [3.05, 3.63) is 64.0 Å². The second-order valence-corrected chi connectivity index (χ2v) is 6.86. The quantitative estimate of drug-likeness (QED) is 0.639. The number of aromatic nitrogens is 1. The van der Waals surface area contributed by atoms with Crippen molar-refractivity contribution in [1.29, 1.82) is 0 Å². The molecule has 0 aliphatic heterocycles. The van der Waals surface area contributed by atoms with Gasteiger partial charge in [-0.05, 0) is 37.1 Å². The van der Waals surface area contributed by atoms with E-state index in [2.05, 4.69) is 31.2 Å². The molecule has 2 aromatic carbocycles. The predicted molar refractivity (Wildman–Crippen MR) is 99.2 cm³/mol. The zero-order valence-corrected chi connectivity index (χ0v) is 15.0. The number of rotatable bonds is 6. The minimum atomic E-state index is 0.730. The summed E-state index contributed by atoms with van der Waals surface area (Å²) in [6, 6.07) is 16.5. The monoisotopic (exact) mass is 339 g/mol. The van der Waals surface area contributed by atoms with Crippen molar-refractivity contribution in [3.63, 3.8) is 0 Å². The third kappa shape index (κ3) is 3.60. The van der Waals surface area contributed by atoms with Crippen LogP contribution in [0.25, 0.3) is 11.3 Å². The summed E-state index contributed by atoms with van der Waals surface area (Å²) >= 11 is 1.77. The first kappa shape index (κ1) is 16.5. The first-order valence-electron chi connectivity index (χ1n) is 7.94. The van der Waals surface area contributed by atoms with Crippen molar-refractivity contribution in [2.24, 2.45) is 0 Å². The number of methoxy groups -OCH3 is 2. The van der Waals surface area contributed by atoms with E-state index in [1.54, 1.807) is 25.6 Å². The van der Waals surface area contributed by atoms with Gasteiger partial charge in [-0.3, -0.25) is 0 Å². The molecule has 4 heteroatoms. The van der Waals surface area contributed by atoms with Gasteiger partial charge in [0.2, 0.25) is 0 Å². The van der Waals surface area contributed by atoms with Gasteiger partial charge in [0.15, 0.2) is 11.5 Å². The molecule has 0 unspecified atom stereocenters. The standard InChI is InChI=1S/C20H21NO2S/c1-14-20(16-10-11-17(22-2)18(13-16)23-3)21-19(24-14)12-9-15-7-5-4-6-8-15/h4-8,10-11,13H,9,12H2,1-3H3. The van der Waals surface area contributed by atoms with Gasteiger partial charge in [0.25, 0.3) is 0 Å². The highest BCUT2D eigenvalue weighted by molar-refractivity contribution is 7.12. The number of hydrogen-bond acceptors (Lipinski definition) is 4. The summed E-state index contributed by atoms with van der Waals surface area (Å²) in [5, 5.41) is 1.17. The Morgan fingerprint density at radius 1 is 0.917 bits per heavy atom. The van der Waals surface area contributed by atoms with Crippen LogP contribution in [-0.2, 0) is 12.8 Å². The summed E-state index contributed by atoms with van der Waals surface area (Å²) in [5.74, 6) is 1.46. The van der Waals surface area contributed by atoms with E-state index in [0.29, 0.717) is 0 Å². The number of thiazole rings is 1. The Morgan fingerprint density at radius 2 is 1.67 bits per heavy atom. The van der Waals surface area contributed by atoms with Gasteiger partial charge < -0.3 is 9.47 Å². The van der Waals surface area contributed by atoms with Crippen molar-refractivity contribution in [2.45, 2.75) is 19.8 Å². The summed E-state index contributed by atoms with van der Waals surface area (Å²) in [5.41, 5.74) is 3.44. The van der Waals surface area contributed by atoms with E-state index < -0.39 is 0 Å². The molecule has 0 atom stereocenters. The van der Waals surface area contributed by atoms with E-state index in [1.165, 1.54) is 15.4 Å². The molecule has 0 aliphatic rings. The molecule has 1 aromatic heterocycles. The molecule has 0 amide bonds. The Hall–Kier alpha value is -2.33. The molecule has 3 nitrogen and oxygen atoms in total. The van der Waals surface area contributed by atoms with Crippen molar-refractivity contribution >= 4 is 11.3 Å². The molecule has 0 saturated carbocycles. The summed E-state index contributed by atoms with van der Waals surface area (Å²) in [6.45, 7) is 2.12. The molecule has 0 N–H and O–H groups in total. The third-order valence-corrected chi connectivity index (χ3v) is 5.00. The van der Waals surface area contributed by atoms with Gasteiger partial charge in [0.1, 0.15) is 0 Å². The maximum Gasteiger partial charge on any atom is 0.161 e. The highest BCUT2D eigenvalue weighted by Gasteiger charge is 2.13. The van der Waals surface area contributed by atoms with Crippen LogP contribution in [0.1, 0.15) is 15.4 Å². The van der Waals surface area contributed by atoms with Gasteiger partial charge >= 0.3 is 0 Å². The average molecular weight is 339 g/mol. The van der Waals surface area contributed by atoms with Crippen LogP contribution < -0.4 is 9.47 Å². The van der Waals surface area contributed by atoms with Crippen LogP contribution in [0.2, 0.25) is 0 Å². The van der Waals surface area contributed by atoms with Crippen LogP contribution in [0.3, 0.4) is 0 Å². The Kier molecular flexibility index (Phi) is 5.16. The molecule has 0 fully saturated rings. The van der Waals surface area contributed by atoms with Crippen LogP contribution in [0.4, 0.5) is 0 Å². The van der Waals surface area contributed by atoms with Gasteiger partial charge in [-0.2, -0.15) is 0 Å². The molecule has 0 saturated heterocycles. The molecule has 124 valence electrons. The zero-order valence-electron chi connectivity index (χ0n) is 14.2. The van der Waals surface area contributed by atoms with E-state index in [1.807, 2.05) is 24.3 Å². The van der Waals surface area contributed by atoms with Crippen LogP contribution in [0.15, 0.2) is 48.5 Å². The second-order valence-electron chi connectivity index (χ2n) is 5.57. The van der Waals surface area contributed by atoms with Crippen molar-refractivity contribution in [3.8, 4) is 22.8 Å². The van der Waals surface area contributed by atoms with Crippen LogP contribution in [-0.4, -0.2) is 19.2 Å². The maximum atomic E-state index is 5.40. The predicted octanol–water partition coefficient (Wildman–Crippen LogP) is 4.92. The number of aryl methyl sites for hydroxylation is 3. The van der Waals surface area contributed by atoms with Gasteiger partial charge in [0.05, 0.1) is 24.9 Å². The fourth-order valence-electron chi connectivity index (χ4n) is 2.71. The molecule has 3 rings (SSSR count). The maximum absolute atomic E-state index is 5.40. The third-order valence-electron chi connectivity index (χ3n) is 3.97. The van der Waals surface area contributed by atoms with E-state index in [9.17, 15) is 0 Å². The summed E-state index contributed by atoms with van der Waals surface area (Å²) < 4.78 is 10.7. The fraction of sp³-hybridized carbons (Fsp3) is 0.250. The molecular weight excluding hydrogens is 318 g/mol. The highest BCUT2D eigenvalue weighted by Crippen LogP contribution is 2.34. The SMILES string of the molecule is COc1ccc(-c2nc(CCc3ccccc3)sc2C)cc1OC. The molecule has 3 aromatic rings. The van der Waals surface area contributed by atoms with E-state index in [-0.39, 0.29) is 0 Å². The van der Waals surface area contributed by atoms with Gasteiger partial charge in [-0.15, -0.1) is 11.3 Å². The number of benzene rings is 2. The Balaban J connectivity index is 1.81. The Morgan fingerprint density at radius 3 is 2.38 bits per heavy atom. The number of nitrogens with zero attached hydrogens (tertiary/aromatic N) is 1. The van der Waals surface area contributed by atoms with Crippen LogP contribution in [0, 0.1) is 6.92 Å². The second kappa shape index (κ2) is 7.49. The van der Waals surface area contributed by atoms with Crippen molar-refractivity contribution in [1.82, 2.24) is 4.98 Å². The smallest absolute Gasteiger partial charge is 0.161 e. The molecule has 0 bridgehead atoms. The lowest BCUT2D eigenvalue weighted by atomic mass is 10.1. The van der Waals surface area contributed by atoms with Crippen molar-refractivity contribution in [2.75, 3.05) is 14.2 Å². The highest BCUT2D eigenvalue weighted by atomic mass is 32.1. The molecule has 0 spiro atoms. The first-order valence-corrected chi connectivity index (χ1v) is 8.75. The van der Waals surface area contributed by atoms with Gasteiger partial charge in [0, 0.05) is 16.9 Å². The average Bonchev–Trinajstić information content (AvgIpc) is 3.01. The lowest BCUT2D eigenvalue weighted by Gasteiger charge is -2.08. The Bertz CT molecular complexity index is 812. The summed E-state index contributed by atoms with van der Waals surface area (Å²) in [7, 11) is 3.30. The number of ether oxygens (including phenoxy) is 2. The summed E-state index contributed by atoms with van der Waals surface area (Å²) in [6.07, 6.45) is 1.97. The van der Waals surface area contributed by atoms with Gasteiger partial charge in [-0.1, -0.05) is 30.3 Å². The fourth-order valence-corrected chi connectivity index (χ4v) is 3.66. The molecule has 0 radical (unpaired) electrons. The Labute approximate surface area is 146 Å². The van der Waals surface area contributed by atoms with Crippen LogP contribution >= 0.6 is 11.3 Å². The minimum absolute atomic E-state index is 0.730. The zero-order chi connectivity index (χ0) is 16.9. The topological polar surface area (TPSA) is 31.4 Å². The molecule has 1 heterocycles. The summed E-state index contributed by atoms with van der Waals surface area (Å²) in [4.78, 5) is 6.08. The normalized spacial score (nSPS) is 10.6. The first-order chi connectivity index (χ1) is 11.7. The van der Waals surface area contributed by atoms with E-state index in [0.717, 1.165) is 35.6 Å².